The molecule has 0 fully saturated rings. The van der Waals surface area contributed by atoms with Crippen LogP contribution in [0, 0.1) is 20.2 Å². The highest BCUT2D eigenvalue weighted by atomic mass is 35.5. The van der Waals surface area contributed by atoms with Gasteiger partial charge in [-0.3, -0.25) is 25.0 Å². The number of carbonyl (C=O) groups is 1. The summed E-state index contributed by atoms with van der Waals surface area (Å²) in [7, 11) is 0. The summed E-state index contributed by atoms with van der Waals surface area (Å²) in [4.78, 5) is 30.2. The number of rotatable bonds is 3. The molecule has 1 aromatic rings. The zero-order chi connectivity index (χ0) is 13.3. The molecule has 1 aromatic carbocycles. The van der Waals surface area contributed by atoms with Crippen molar-refractivity contribution >= 4 is 40.5 Å². The van der Waals surface area contributed by atoms with Crippen LogP contribution in [0.1, 0.15) is 10.4 Å². The van der Waals surface area contributed by atoms with Crippen LogP contribution in [-0.2, 0) is 0 Å². The molecule has 0 spiro atoms. The van der Waals surface area contributed by atoms with E-state index in [2.05, 4.69) is 0 Å². The van der Waals surface area contributed by atoms with Crippen molar-refractivity contribution in [1.29, 1.82) is 0 Å². The molecule has 1 amide bonds. The van der Waals surface area contributed by atoms with Crippen LogP contribution in [0.5, 0.6) is 0 Å². The van der Waals surface area contributed by atoms with Crippen LogP contribution in [0.4, 0.5) is 11.4 Å². The maximum atomic E-state index is 10.9. The summed E-state index contributed by atoms with van der Waals surface area (Å²) < 4.78 is 0. The Balaban J connectivity index is 3.76. The van der Waals surface area contributed by atoms with Crippen LogP contribution in [0.25, 0.3) is 0 Å². The molecular formula is C7H3Cl2N3O5. The van der Waals surface area contributed by atoms with E-state index >= 15 is 0 Å². The Hall–Kier alpha value is -1.93. The number of nitro benzene ring substituents is 2. The largest absolute Gasteiger partial charge is 0.366 e. The van der Waals surface area contributed by atoms with Gasteiger partial charge < -0.3 is 5.73 Å². The molecule has 0 saturated carbocycles. The van der Waals surface area contributed by atoms with Gasteiger partial charge in [0.05, 0.1) is 15.4 Å². The third-order valence-corrected chi connectivity index (χ3v) is 2.56. The summed E-state index contributed by atoms with van der Waals surface area (Å²) in [6.07, 6.45) is 0. The number of nitrogens with zero attached hydrogens (tertiary/aromatic N) is 2. The summed E-state index contributed by atoms with van der Waals surface area (Å²) in [6, 6.07) is 0.694. The summed E-state index contributed by atoms with van der Waals surface area (Å²) in [6.45, 7) is 0. The standard InChI is InChI=1S/C7H3Cl2N3O5/c8-4-2(7(10)13)1-3(11(14)15)5(9)6(4)12(16)17/h1H,(H2,10,13). The van der Waals surface area contributed by atoms with Crippen molar-refractivity contribution in [3.05, 3.63) is 41.9 Å². The fraction of sp³-hybridized carbons (Fsp3) is 0. The molecule has 0 aliphatic rings. The summed E-state index contributed by atoms with van der Waals surface area (Å²) in [5.74, 6) is -1.13. The number of nitrogens with two attached hydrogens (primary N) is 1. The summed E-state index contributed by atoms with van der Waals surface area (Å²) >= 11 is 11.0. The molecule has 0 bridgehead atoms. The Morgan fingerprint density at radius 2 is 1.71 bits per heavy atom. The first-order valence-corrected chi connectivity index (χ1v) is 4.63. The Labute approximate surface area is 103 Å². The Morgan fingerprint density at radius 3 is 2.06 bits per heavy atom. The van der Waals surface area contributed by atoms with Crippen molar-refractivity contribution in [2.75, 3.05) is 0 Å². The number of carbonyl (C=O) groups excluding carboxylic acids is 1. The quantitative estimate of drug-likeness (QED) is 0.667. The van der Waals surface area contributed by atoms with Gasteiger partial charge in [0.15, 0.2) is 5.02 Å². The smallest absolute Gasteiger partial charge is 0.314 e. The highest BCUT2D eigenvalue weighted by Crippen LogP contribution is 2.41. The van der Waals surface area contributed by atoms with E-state index in [9.17, 15) is 25.0 Å². The lowest BCUT2D eigenvalue weighted by Crippen LogP contribution is -2.13. The van der Waals surface area contributed by atoms with E-state index in [4.69, 9.17) is 28.9 Å². The van der Waals surface area contributed by atoms with E-state index in [-0.39, 0.29) is 0 Å². The average Bonchev–Trinajstić information content (AvgIpc) is 2.15. The maximum Gasteiger partial charge on any atom is 0.314 e. The van der Waals surface area contributed by atoms with Gasteiger partial charge in [0.2, 0.25) is 0 Å². The molecule has 0 aromatic heterocycles. The topological polar surface area (TPSA) is 129 Å². The van der Waals surface area contributed by atoms with Crippen molar-refractivity contribution in [3.8, 4) is 0 Å². The second-order valence-corrected chi connectivity index (χ2v) is 3.55. The van der Waals surface area contributed by atoms with Gasteiger partial charge in [-0.1, -0.05) is 23.2 Å². The minimum Gasteiger partial charge on any atom is -0.366 e. The van der Waals surface area contributed by atoms with Gasteiger partial charge in [-0.15, -0.1) is 0 Å². The molecule has 2 N–H and O–H groups in total. The minimum absolute atomic E-state index is 0.533. The second-order valence-electron chi connectivity index (χ2n) is 2.80. The first-order chi connectivity index (χ1) is 7.77. The first-order valence-electron chi connectivity index (χ1n) is 3.88. The number of nitro groups is 2. The van der Waals surface area contributed by atoms with Gasteiger partial charge >= 0.3 is 5.69 Å². The number of hydrogen-bond donors (Lipinski definition) is 1. The highest BCUT2D eigenvalue weighted by molar-refractivity contribution is 6.41. The fourth-order valence-corrected chi connectivity index (χ4v) is 1.73. The summed E-state index contributed by atoms with van der Waals surface area (Å²) in [5.41, 5.74) is 2.63. The molecule has 0 aliphatic carbocycles. The lowest BCUT2D eigenvalue weighted by Gasteiger charge is -2.03. The van der Waals surface area contributed by atoms with Crippen molar-refractivity contribution in [2.24, 2.45) is 5.73 Å². The van der Waals surface area contributed by atoms with Gasteiger partial charge in [0, 0.05) is 6.07 Å². The van der Waals surface area contributed by atoms with E-state index in [0.717, 1.165) is 0 Å². The number of hydrogen-bond acceptors (Lipinski definition) is 5. The monoisotopic (exact) mass is 279 g/mol. The lowest BCUT2D eigenvalue weighted by atomic mass is 10.1. The fourth-order valence-electron chi connectivity index (χ4n) is 1.08. The third kappa shape index (κ3) is 2.27. The summed E-state index contributed by atoms with van der Waals surface area (Å²) in [5, 5.41) is 19.9. The van der Waals surface area contributed by atoms with E-state index in [1.54, 1.807) is 0 Å². The van der Waals surface area contributed by atoms with Gasteiger partial charge in [-0.2, -0.15) is 0 Å². The SMILES string of the molecule is NC(=O)c1cc([N+](=O)[O-])c(Cl)c([N+](=O)[O-])c1Cl. The number of amides is 1. The first kappa shape index (κ1) is 13.1. The van der Waals surface area contributed by atoms with Gasteiger partial charge in [-0.25, -0.2) is 0 Å². The second kappa shape index (κ2) is 4.52. The molecule has 0 aliphatic heterocycles. The van der Waals surface area contributed by atoms with Crippen molar-refractivity contribution in [2.45, 2.75) is 0 Å². The zero-order valence-electron chi connectivity index (χ0n) is 7.85. The number of primary amides is 1. The van der Waals surface area contributed by atoms with Crippen molar-refractivity contribution in [1.82, 2.24) is 0 Å². The van der Waals surface area contributed by atoms with Crippen LogP contribution in [0.2, 0.25) is 10.0 Å². The van der Waals surface area contributed by atoms with Crippen LogP contribution in [0.15, 0.2) is 6.07 Å². The van der Waals surface area contributed by atoms with Gasteiger partial charge in [0.1, 0.15) is 5.02 Å². The van der Waals surface area contributed by atoms with Crippen LogP contribution in [0.3, 0.4) is 0 Å². The van der Waals surface area contributed by atoms with Crippen LogP contribution >= 0.6 is 23.2 Å². The lowest BCUT2D eigenvalue weighted by molar-refractivity contribution is -0.393. The van der Waals surface area contributed by atoms with E-state index < -0.39 is 42.7 Å². The molecule has 0 radical (unpaired) electrons. The molecule has 17 heavy (non-hydrogen) atoms. The van der Waals surface area contributed by atoms with E-state index in [1.165, 1.54) is 0 Å². The molecule has 1 rings (SSSR count). The van der Waals surface area contributed by atoms with E-state index in [0.29, 0.717) is 6.07 Å². The molecule has 0 unspecified atom stereocenters. The Bertz CT molecular complexity index is 507. The van der Waals surface area contributed by atoms with Crippen LogP contribution < -0.4 is 5.73 Å². The molecule has 0 heterocycles. The number of halogens is 2. The molecular weight excluding hydrogens is 277 g/mol. The average molecular weight is 280 g/mol. The number of benzene rings is 1. The Kier molecular flexibility index (Phi) is 3.49. The van der Waals surface area contributed by atoms with Crippen LogP contribution in [-0.4, -0.2) is 15.8 Å². The minimum atomic E-state index is -1.13. The third-order valence-electron chi connectivity index (χ3n) is 1.80. The van der Waals surface area contributed by atoms with E-state index in [1.807, 2.05) is 0 Å². The normalized spacial score (nSPS) is 10.0. The molecule has 8 nitrogen and oxygen atoms in total. The maximum absolute atomic E-state index is 10.9. The van der Waals surface area contributed by atoms with Gasteiger partial charge in [0.25, 0.3) is 11.6 Å². The zero-order valence-corrected chi connectivity index (χ0v) is 9.36. The Morgan fingerprint density at radius 1 is 1.18 bits per heavy atom. The predicted octanol–water partition coefficient (Wildman–Crippen LogP) is 1.91. The van der Waals surface area contributed by atoms with Crippen molar-refractivity contribution in [3.63, 3.8) is 0 Å². The predicted molar refractivity (Wildman–Crippen MR) is 58.3 cm³/mol. The van der Waals surface area contributed by atoms with Gasteiger partial charge in [-0.05, 0) is 0 Å². The molecule has 0 atom stereocenters. The molecule has 0 saturated heterocycles. The molecule has 90 valence electrons. The highest BCUT2D eigenvalue weighted by Gasteiger charge is 2.31. The molecule has 10 heteroatoms. The van der Waals surface area contributed by atoms with Crippen molar-refractivity contribution < 1.29 is 14.6 Å².